The number of nitrogens with zero attached hydrogens (tertiary/aromatic N) is 5. The molecule has 0 unspecified atom stereocenters. The van der Waals surface area contributed by atoms with Gasteiger partial charge in [0, 0.05) is 64.6 Å². The molecule has 1 fully saturated rings. The summed E-state index contributed by atoms with van der Waals surface area (Å²) in [6.45, 7) is 5.82. The minimum Gasteiger partial charge on any atom is -0.379 e. The first kappa shape index (κ1) is 19.2. The molecule has 1 saturated heterocycles. The number of anilines is 1. The number of nitrogens with one attached hydrogen (secondary N) is 1. The van der Waals surface area contributed by atoms with Crippen molar-refractivity contribution in [2.75, 3.05) is 58.3 Å². The zero-order valence-electron chi connectivity index (χ0n) is 15.7. The van der Waals surface area contributed by atoms with Crippen molar-refractivity contribution in [1.82, 2.24) is 24.8 Å². The number of carbonyl (C=O) groups is 1. The van der Waals surface area contributed by atoms with E-state index < -0.39 is 0 Å². The summed E-state index contributed by atoms with van der Waals surface area (Å²) in [6, 6.07) is 3.91. The van der Waals surface area contributed by atoms with Gasteiger partial charge >= 0.3 is 0 Å². The highest BCUT2D eigenvalue weighted by Gasteiger charge is 2.13. The molecule has 144 valence electrons. The first-order valence-electron chi connectivity index (χ1n) is 9.23. The zero-order valence-corrected chi connectivity index (χ0v) is 15.7. The highest BCUT2D eigenvalue weighted by atomic mass is 16.5. The third-order valence-electron chi connectivity index (χ3n) is 4.55. The molecule has 0 bridgehead atoms. The average Bonchev–Trinajstić information content (AvgIpc) is 2.73. The summed E-state index contributed by atoms with van der Waals surface area (Å²) in [5, 5.41) is 3.20. The summed E-state index contributed by atoms with van der Waals surface area (Å²) in [7, 11) is 1.79. The fraction of sp³-hybridized carbons (Fsp3) is 0.474. The quantitative estimate of drug-likeness (QED) is 0.740. The van der Waals surface area contributed by atoms with Crippen LogP contribution in [0.1, 0.15) is 15.9 Å². The molecule has 1 N–H and O–H groups in total. The fourth-order valence-electron chi connectivity index (χ4n) is 2.85. The van der Waals surface area contributed by atoms with Crippen LogP contribution in [0, 0.1) is 0 Å². The zero-order chi connectivity index (χ0) is 18.9. The molecule has 0 spiro atoms. The molecule has 0 saturated carbocycles. The third kappa shape index (κ3) is 5.97. The van der Waals surface area contributed by atoms with E-state index in [1.807, 2.05) is 12.1 Å². The van der Waals surface area contributed by atoms with Crippen LogP contribution in [0.2, 0.25) is 0 Å². The number of amides is 1. The molecule has 0 aliphatic carbocycles. The van der Waals surface area contributed by atoms with Crippen LogP contribution in [0.15, 0.2) is 36.9 Å². The van der Waals surface area contributed by atoms with E-state index in [4.69, 9.17) is 4.74 Å². The van der Waals surface area contributed by atoms with Crippen LogP contribution in [-0.2, 0) is 11.2 Å². The van der Waals surface area contributed by atoms with Crippen LogP contribution in [-0.4, -0.2) is 83.6 Å². The van der Waals surface area contributed by atoms with Crippen LogP contribution in [0.5, 0.6) is 0 Å². The first-order valence-corrected chi connectivity index (χ1v) is 9.23. The number of ether oxygens (including phenoxy) is 1. The smallest absolute Gasteiger partial charge is 0.256 e. The summed E-state index contributed by atoms with van der Waals surface area (Å²) >= 11 is 0. The maximum atomic E-state index is 12.5. The normalized spacial score (nSPS) is 14.7. The number of hydrogen-bond donors (Lipinski definition) is 1. The van der Waals surface area contributed by atoms with Crippen LogP contribution in [0.4, 0.5) is 5.95 Å². The van der Waals surface area contributed by atoms with E-state index in [1.54, 1.807) is 36.7 Å². The van der Waals surface area contributed by atoms with Crippen LogP contribution < -0.4 is 5.32 Å². The molecule has 1 aliphatic rings. The Morgan fingerprint density at radius 3 is 2.63 bits per heavy atom. The van der Waals surface area contributed by atoms with Gasteiger partial charge in [0.15, 0.2) is 0 Å². The van der Waals surface area contributed by atoms with Gasteiger partial charge in [-0.25, -0.2) is 9.97 Å². The van der Waals surface area contributed by atoms with Gasteiger partial charge in [-0.05, 0) is 24.1 Å². The van der Waals surface area contributed by atoms with Crippen molar-refractivity contribution in [2.24, 2.45) is 0 Å². The Kier molecular flexibility index (Phi) is 7.06. The van der Waals surface area contributed by atoms with E-state index in [9.17, 15) is 4.79 Å². The average molecular weight is 370 g/mol. The minimum atomic E-state index is -0.0797. The summed E-state index contributed by atoms with van der Waals surface area (Å²) in [5.74, 6) is 0.461. The molecule has 1 amide bonds. The van der Waals surface area contributed by atoms with Gasteiger partial charge in [0.1, 0.15) is 0 Å². The van der Waals surface area contributed by atoms with Gasteiger partial charge in [0.2, 0.25) is 5.95 Å². The van der Waals surface area contributed by atoms with Crippen molar-refractivity contribution in [3.05, 3.63) is 48.0 Å². The summed E-state index contributed by atoms with van der Waals surface area (Å²) in [4.78, 5) is 29.0. The molecule has 8 nitrogen and oxygen atoms in total. The molecule has 2 aromatic rings. The summed E-state index contributed by atoms with van der Waals surface area (Å²) in [6.07, 6.45) is 7.46. The maximum absolute atomic E-state index is 12.5. The van der Waals surface area contributed by atoms with Gasteiger partial charge in [0.25, 0.3) is 5.91 Å². The predicted octanol–water partition coefficient (Wildman–Crippen LogP) is 0.930. The van der Waals surface area contributed by atoms with Crippen molar-refractivity contribution in [3.63, 3.8) is 0 Å². The second-order valence-electron chi connectivity index (χ2n) is 6.51. The Morgan fingerprint density at radius 2 is 1.93 bits per heavy atom. The highest BCUT2D eigenvalue weighted by Crippen LogP contribution is 2.06. The lowest BCUT2D eigenvalue weighted by molar-refractivity contribution is 0.0398. The van der Waals surface area contributed by atoms with Gasteiger partial charge in [-0.1, -0.05) is 0 Å². The SMILES string of the molecule is CN(CCc1ccncc1)C(=O)c1cnc(NCCN2CCOCC2)nc1. The van der Waals surface area contributed by atoms with E-state index in [1.165, 1.54) is 0 Å². The van der Waals surface area contributed by atoms with Gasteiger partial charge in [-0.2, -0.15) is 0 Å². The Bertz CT molecular complexity index is 704. The topological polar surface area (TPSA) is 83.5 Å². The monoisotopic (exact) mass is 370 g/mol. The largest absolute Gasteiger partial charge is 0.379 e. The molecule has 3 rings (SSSR count). The number of rotatable bonds is 8. The molecule has 2 aromatic heterocycles. The second-order valence-corrected chi connectivity index (χ2v) is 6.51. The number of hydrogen-bond acceptors (Lipinski definition) is 7. The molecule has 27 heavy (non-hydrogen) atoms. The molecule has 8 heteroatoms. The Labute approximate surface area is 159 Å². The number of morpholine rings is 1. The summed E-state index contributed by atoms with van der Waals surface area (Å²) < 4.78 is 5.34. The lowest BCUT2D eigenvalue weighted by Crippen LogP contribution is -2.39. The fourth-order valence-corrected chi connectivity index (χ4v) is 2.85. The van der Waals surface area contributed by atoms with Gasteiger partial charge in [-0.15, -0.1) is 0 Å². The van der Waals surface area contributed by atoms with Crippen LogP contribution in [0.3, 0.4) is 0 Å². The van der Waals surface area contributed by atoms with E-state index in [0.29, 0.717) is 18.1 Å². The minimum absolute atomic E-state index is 0.0797. The summed E-state index contributed by atoms with van der Waals surface area (Å²) in [5.41, 5.74) is 1.65. The van der Waals surface area contributed by atoms with Crippen molar-refractivity contribution in [1.29, 1.82) is 0 Å². The Balaban J connectivity index is 1.43. The second kappa shape index (κ2) is 9.94. The molecule has 1 aliphatic heterocycles. The Hall–Kier alpha value is -2.58. The molecule has 3 heterocycles. The molecule has 0 radical (unpaired) electrons. The van der Waals surface area contributed by atoms with E-state index >= 15 is 0 Å². The van der Waals surface area contributed by atoms with Crippen molar-refractivity contribution < 1.29 is 9.53 Å². The number of pyridine rings is 1. The third-order valence-corrected chi connectivity index (χ3v) is 4.55. The van der Waals surface area contributed by atoms with Crippen molar-refractivity contribution in [3.8, 4) is 0 Å². The van der Waals surface area contributed by atoms with Crippen LogP contribution in [0.25, 0.3) is 0 Å². The number of aromatic nitrogens is 3. The molecule has 0 aromatic carbocycles. The van der Waals surface area contributed by atoms with E-state index in [-0.39, 0.29) is 5.91 Å². The van der Waals surface area contributed by atoms with E-state index in [2.05, 4.69) is 25.2 Å². The number of likely N-dealkylation sites (N-methyl/N-ethyl adjacent to an activating group) is 1. The van der Waals surface area contributed by atoms with Gasteiger partial charge in [-0.3, -0.25) is 14.7 Å². The molecular formula is C19H26N6O2. The van der Waals surface area contributed by atoms with Crippen LogP contribution >= 0.6 is 0 Å². The van der Waals surface area contributed by atoms with Crippen molar-refractivity contribution in [2.45, 2.75) is 6.42 Å². The maximum Gasteiger partial charge on any atom is 0.256 e. The van der Waals surface area contributed by atoms with E-state index in [0.717, 1.165) is 51.4 Å². The van der Waals surface area contributed by atoms with Gasteiger partial charge < -0.3 is 15.0 Å². The van der Waals surface area contributed by atoms with Crippen molar-refractivity contribution >= 4 is 11.9 Å². The lowest BCUT2D eigenvalue weighted by Gasteiger charge is -2.26. The Morgan fingerprint density at radius 1 is 1.22 bits per heavy atom. The lowest BCUT2D eigenvalue weighted by atomic mass is 10.2. The first-order chi connectivity index (χ1) is 13.2. The van der Waals surface area contributed by atoms with Gasteiger partial charge in [0.05, 0.1) is 18.8 Å². The highest BCUT2D eigenvalue weighted by molar-refractivity contribution is 5.93. The number of carbonyl (C=O) groups excluding carboxylic acids is 1. The molecular weight excluding hydrogens is 344 g/mol. The standard InChI is InChI=1S/C19H26N6O2/c1-24(8-4-16-2-5-20-6-3-16)18(26)17-14-22-19(23-15-17)21-7-9-25-10-12-27-13-11-25/h2-3,5-6,14-15H,4,7-13H2,1H3,(H,21,22,23). The molecule has 0 atom stereocenters. The predicted molar refractivity (Wildman–Crippen MR) is 103 cm³/mol.